The summed E-state index contributed by atoms with van der Waals surface area (Å²) in [6.45, 7) is 8.01. The highest BCUT2D eigenvalue weighted by Gasteiger charge is 2.73. The molecule has 1 aliphatic carbocycles. The molecule has 7 aromatic carbocycles. The molecule has 0 saturated carbocycles. The van der Waals surface area contributed by atoms with E-state index >= 15 is 26.3 Å². The topological polar surface area (TPSA) is 81.1 Å². The average Bonchev–Trinajstić information content (AvgIpc) is 3.75. The van der Waals surface area contributed by atoms with E-state index in [1.807, 2.05) is 64.3 Å². The molecule has 9 rings (SSSR count). The summed E-state index contributed by atoms with van der Waals surface area (Å²) in [5.41, 5.74) is 1.77. The molecule has 0 radical (unpaired) electrons. The van der Waals surface area contributed by atoms with Crippen LogP contribution in [0, 0.1) is 0 Å². The minimum absolute atomic E-state index is 0.173. The van der Waals surface area contributed by atoms with Gasteiger partial charge in [0, 0.05) is 30.6 Å². The van der Waals surface area contributed by atoms with Gasteiger partial charge >= 0.3 is 12.4 Å². The fourth-order valence-electron chi connectivity index (χ4n) is 11.1. The first-order chi connectivity index (χ1) is 32.3. The van der Waals surface area contributed by atoms with Crippen LogP contribution in [-0.4, -0.2) is 48.5 Å². The average molecular weight is 927 g/mol. The van der Waals surface area contributed by atoms with Crippen LogP contribution in [0.2, 0.25) is 0 Å². The Hall–Kier alpha value is -7.08. The summed E-state index contributed by atoms with van der Waals surface area (Å²) in [7, 11) is 4.08. The maximum absolute atomic E-state index is 15.5. The number of carbonyl (C=O) groups is 2. The van der Waals surface area contributed by atoms with Gasteiger partial charge in [0.2, 0.25) is 5.41 Å². The zero-order valence-electron chi connectivity index (χ0n) is 38.2. The molecule has 0 saturated heterocycles. The lowest BCUT2D eigenvalue weighted by molar-refractivity contribution is -0.288. The van der Waals surface area contributed by atoms with E-state index < -0.39 is 68.6 Å². The van der Waals surface area contributed by atoms with Crippen LogP contribution >= 0.6 is 0 Å². The van der Waals surface area contributed by atoms with Gasteiger partial charge in [0.1, 0.15) is 11.5 Å². The van der Waals surface area contributed by atoms with E-state index in [2.05, 4.69) is 55.1 Å². The lowest BCUT2D eigenvalue weighted by Crippen LogP contribution is -2.54. The molecule has 2 N–H and O–H groups in total. The number of imide groups is 1. The second kappa shape index (κ2) is 16.3. The van der Waals surface area contributed by atoms with Gasteiger partial charge in [-0.25, -0.2) is 4.90 Å². The first-order valence-electron chi connectivity index (χ1n) is 22.6. The zero-order chi connectivity index (χ0) is 48.8. The molecule has 1 heterocycles. The van der Waals surface area contributed by atoms with Crippen molar-refractivity contribution in [2.45, 2.75) is 76.6 Å². The Kier molecular flexibility index (Phi) is 11.0. The summed E-state index contributed by atoms with van der Waals surface area (Å²) in [4.78, 5) is 32.4. The van der Waals surface area contributed by atoms with Crippen LogP contribution < -0.4 is 9.80 Å². The highest BCUT2D eigenvalue weighted by Crippen LogP contribution is 2.59. The third kappa shape index (κ3) is 6.39. The lowest BCUT2D eigenvalue weighted by atomic mass is 9.66. The Labute approximate surface area is 390 Å². The van der Waals surface area contributed by atoms with Gasteiger partial charge in [-0.05, 0) is 123 Å². The number of carbonyl (C=O) groups excluding carboxylic acids is 2. The van der Waals surface area contributed by atoms with Crippen LogP contribution in [0.5, 0.6) is 11.5 Å². The van der Waals surface area contributed by atoms with Crippen molar-refractivity contribution in [1.29, 1.82) is 0 Å². The van der Waals surface area contributed by atoms with Crippen LogP contribution in [0.1, 0.15) is 104 Å². The number of hydrogen-bond donors (Lipinski definition) is 2. The first-order valence-corrected chi connectivity index (χ1v) is 22.6. The number of fused-ring (bicyclic) bond motifs is 5. The molecule has 7 aromatic rings. The molecule has 0 bridgehead atoms. The summed E-state index contributed by atoms with van der Waals surface area (Å²) >= 11 is 0. The van der Waals surface area contributed by atoms with Crippen molar-refractivity contribution in [3.63, 3.8) is 0 Å². The molecule has 348 valence electrons. The molecule has 6 nitrogen and oxygen atoms in total. The van der Waals surface area contributed by atoms with Crippen LogP contribution in [0.25, 0.3) is 21.9 Å². The third-order valence-corrected chi connectivity index (χ3v) is 14.1. The maximum atomic E-state index is 15.5. The molecule has 0 unspecified atom stereocenters. The first kappa shape index (κ1) is 46.0. The number of phenols is 2. The minimum Gasteiger partial charge on any atom is -0.507 e. The van der Waals surface area contributed by atoms with Crippen molar-refractivity contribution in [2.75, 3.05) is 23.9 Å². The summed E-state index contributed by atoms with van der Waals surface area (Å²) in [5.74, 6) is -3.06. The SMILES string of the molecule is CCc1cc(C2(c3cc(CC)c(N4C(=O)c5ccc(C(c6ccc7c(O)ccc(O)c7c6)(C(F)(F)F)C(F)(F)F)cc5C4=O)c(CC)c3)c3ccccc3-c3ccccc32)cc(CC)c1N(C)C. The van der Waals surface area contributed by atoms with Crippen LogP contribution in [0.4, 0.5) is 37.7 Å². The number of nitrogens with zero attached hydrogens (tertiary/aromatic N) is 2. The van der Waals surface area contributed by atoms with Gasteiger partial charge < -0.3 is 15.1 Å². The number of alkyl halides is 6. The number of amides is 2. The van der Waals surface area contributed by atoms with Gasteiger partial charge in [0.05, 0.1) is 22.2 Å². The second-order valence-electron chi connectivity index (χ2n) is 17.8. The summed E-state index contributed by atoms with van der Waals surface area (Å²) in [6.07, 6.45) is -9.97. The zero-order valence-corrected chi connectivity index (χ0v) is 38.2. The van der Waals surface area contributed by atoms with Gasteiger partial charge in [-0.2, -0.15) is 26.3 Å². The fourth-order valence-corrected chi connectivity index (χ4v) is 11.1. The van der Waals surface area contributed by atoms with Gasteiger partial charge in [0.15, 0.2) is 0 Å². The largest absolute Gasteiger partial charge is 0.507 e. The normalized spacial score (nSPS) is 14.4. The number of phenolic OH excluding ortho intramolecular Hbond substituents is 2. The summed E-state index contributed by atoms with van der Waals surface area (Å²) < 4.78 is 93.2. The van der Waals surface area contributed by atoms with Crippen molar-refractivity contribution in [2.24, 2.45) is 0 Å². The van der Waals surface area contributed by atoms with E-state index in [1.54, 1.807) is 0 Å². The second-order valence-corrected chi connectivity index (χ2v) is 17.8. The van der Waals surface area contributed by atoms with Gasteiger partial charge in [0.25, 0.3) is 11.8 Å². The number of rotatable bonds is 10. The van der Waals surface area contributed by atoms with Crippen LogP contribution in [0.15, 0.2) is 121 Å². The van der Waals surface area contributed by atoms with Crippen LogP contribution in [-0.2, 0) is 36.5 Å². The number of aryl methyl sites for hydroxylation is 4. The smallest absolute Gasteiger partial charge is 0.411 e. The predicted molar refractivity (Wildman–Crippen MR) is 253 cm³/mol. The Morgan fingerprint density at radius 1 is 0.515 bits per heavy atom. The van der Waals surface area contributed by atoms with E-state index in [9.17, 15) is 19.8 Å². The Bertz CT molecular complexity index is 3110. The van der Waals surface area contributed by atoms with Crippen molar-refractivity contribution in [1.82, 2.24) is 0 Å². The molecule has 68 heavy (non-hydrogen) atoms. The molecule has 2 amide bonds. The van der Waals surface area contributed by atoms with Gasteiger partial charge in [-0.1, -0.05) is 119 Å². The Morgan fingerprint density at radius 3 is 1.44 bits per heavy atom. The lowest BCUT2D eigenvalue weighted by Gasteiger charge is -2.38. The Balaban J connectivity index is 1.25. The number of aromatic hydroxyl groups is 2. The van der Waals surface area contributed by atoms with E-state index in [1.165, 1.54) is 0 Å². The molecule has 0 atom stereocenters. The maximum Gasteiger partial charge on any atom is 0.411 e. The van der Waals surface area contributed by atoms with E-state index in [4.69, 9.17) is 0 Å². The molecule has 2 aliphatic rings. The molecule has 1 aliphatic heterocycles. The molecule has 0 fully saturated rings. The number of benzene rings is 7. The highest BCUT2D eigenvalue weighted by atomic mass is 19.4. The number of anilines is 2. The fraction of sp³-hybridized carbons (Fsp3) is 0.250. The molecular formula is C56H48F6N2O4. The Morgan fingerprint density at radius 2 is 0.956 bits per heavy atom. The molecule has 0 aromatic heterocycles. The highest BCUT2D eigenvalue weighted by molar-refractivity contribution is 6.35. The number of halogens is 6. The quantitative estimate of drug-likeness (QED) is 0.0811. The third-order valence-electron chi connectivity index (χ3n) is 14.1. The summed E-state index contributed by atoms with van der Waals surface area (Å²) in [5, 5.41) is 20.2. The van der Waals surface area contributed by atoms with E-state index in [0.29, 0.717) is 48.2 Å². The minimum atomic E-state index is -6.05. The van der Waals surface area contributed by atoms with Crippen molar-refractivity contribution in [3.8, 4) is 22.6 Å². The molecular weight excluding hydrogens is 879 g/mol. The van der Waals surface area contributed by atoms with Crippen molar-refractivity contribution >= 4 is 34.0 Å². The summed E-state index contributed by atoms with van der Waals surface area (Å²) in [6, 6.07) is 31.0. The van der Waals surface area contributed by atoms with Crippen molar-refractivity contribution in [3.05, 3.63) is 188 Å². The van der Waals surface area contributed by atoms with E-state index in [-0.39, 0.29) is 16.6 Å². The standard InChI is InChI=1S/C56H48F6N2O4/c1-7-31-25-37(26-32(8-2)49(31)63(5)6)53(45-17-13-11-15-39(45)40-16-12-14-18-46(40)53)38-27-33(9-3)50(34(10-4)28-38)64-51(67)42-22-20-36(30-44(42)52(64)68)54(55(57,58)59,56(60,61)62)35-19-21-41-43(29-35)48(66)24-23-47(41)65/h11-30,65-66H,7-10H2,1-6H3. The van der Waals surface area contributed by atoms with E-state index in [0.717, 1.165) is 92.2 Å². The van der Waals surface area contributed by atoms with Gasteiger partial charge in [-0.15, -0.1) is 0 Å². The monoisotopic (exact) mass is 926 g/mol. The number of hydrogen-bond acceptors (Lipinski definition) is 5. The predicted octanol–water partition coefficient (Wildman–Crippen LogP) is 13.1. The van der Waals surface area contributed by atoms with Crippen molar-refractivity contribution < 1.29 is 46.1 Å². The molecule has 0 spiro atoms. The molecule has 12 heteroatoms. The van der Waals surface area contributed by atoms with Crippen LogP contribution in [0.3, 0.4) is 0 Å². The van der Waals surface area contributed by atoms with Gasteiger partial charge in [-0.3, -0.25) is 9.59 Å².